The van der Waals surface area contributed by atoms with Crippen LogP contribution in [-0.2, 0) is 6.54 Å². The molecule has 0 spiro atoms. The van der Waals surface area contributed by atoms with Crippen LogP contribution in [0.2, 0.25) is 0 Å². The largest absolute Gasteiger partial charge is 0.370 e. The van der Waals surface area contributed by atoms with Crippen molar-refractivity contribution in [2.45, 2.75) is 19.9 Å². The molecule has 2 aromatic rings. The van der Waals surface area contributed by atoms with E-state index in [1.54, 1.807) is 6.07 Å². The summed E-state index contributed by atoms with van der Waals surface area (Å²) in [5, 5.41) is 12.2. The average molecular weight is 240 g/mol. The van der Waals surface area contributed by atoms with Crippen LogP contribution in [0.4, 0.5) is 5.82 Å². The molecule has 2 aromatic heterocycles. The zero-order valence-electron chi connectivity index (χ0n) is 10.4. The van der Waals surface area contributed by atoms with Crippen LogP contribution in [0, 0.1) is 11.3 Å². The molecule has 2 rings (SSSR count). The lowest BCUT2D eigenvalue weighted by molar-refractivity contribution is 0.769. The Morgan fingerprint density at radius 3 is 3.00 bits per heavy atom. The van der Waals surface area contributed by atoms with Gasteiger partial charge in [-0.25, -0.2) is 4.98 Å². The van der Waals surface area contributed by atoms with E-state index in [0.717, 1.165) is 24.5 Å². The Kier molecular flexibility index (Phi) is 3.98. The van der Waals surface area contributed by atoms with Crippen molar-refractivity contribution < 1.29 is 0 Å². The lowest BCUT2D eigenvalue weighted by atomic mass is 10.3. The molecular weight excluding hydrogens is 224 g/mol. The van der Waals surface area contributed by atoms with Crippen molar-refractivity contribution >= 4 is 5.82 Å². The SMILES string of the molecule is CCCNc1cccc(Cn2cccc2C#N)n1. The highest BCUT2D eigenvalue weighted by Crippen LogP contribution is 2.09. The quantitative estimate of drug-likeness (QED) is 0.874. The Balaban J connectivity index is 2.12. The van der Waals surface area contributed by atoms with Gasteiger partial charge in [-0.1, -0.05) is 13.0 Å². The molecular formula is C14H16N4. The monoisotopic (exact) mass is 240 g/mol. The number of nitrogens with one attached hydrogen (secondary N) is 1. The van der Waals surface area contributed by atoms with Crippen molar-refractivity contribution in [2.24, 2.45) is 0 Å². The highest BCUT2D eigenvalue weighted by Gasteiger charge is 2.02. The van der Waals surface area contributed by atoms with Gasteiger partial charge in [-0.2, -0.15) is 5.26 Å². The fourth-order valence-corrected chi connectivity index (χ4v) is 1.75. The van der Waals surface area contributed by atoms with Crippen LogP contribution in [0.5, 0.6) is 0 Å². The molecule has 0 aliphatic rings. The van der Waals surface area contributed by atoms with Gasteiger partial charge in [-0.05, 0) is 30.7 Å². The van der Waals surface area contributed by atoms with Crippen LogP contribution in [0.3, 0.4) is 0 Å². The lowest BCUT2D eigenvalue weighted by Crippen LogP contribution is -2.06. The molecule has 4 heteroatoms. The number of hydrogen-bond donors (Lipinski definition) is 1. The molecule has 18 heavy (non-hydrogen) atoms. The minimum Gasteiger partial charge on any atom is -0.370 e. The molecule has 0 aromatic carbocycles. The summed E-state index contributed by atoms with van der Waals surface area (Å²) in [6.45, 7) is 3.66. The van der Waals surface area contributed by atoms with Gasteiger partial charge in [0.1, 0.15) is 17.6 Å². The van der Waals surface area contributed by atoms with E-state index in [1.165, 1.54) is 0 Å². The molecule has 0 aliphatic heterocycles. The number of anilines is 1. The predicted octanol–water partition coefficient (Wildman–Crippen LogP) is 2.62. The summed E-state index contributed by atoms with van der Waals surface area (Å²) in [6, 6.07) is 11.8. The van der Waals surface area contributed by atoms with Crippen LogP contribution < -0.4 is 5.32 Å². The Labute approximate surface area is 107 Å². The van der Waals surface area contributed by atoms with Gasteiger partial charge in [-0.3, -0.25) is 0 Å². The summed E-state index contributed by atoms with van der Waals surface area (Å²) in [7, 11) is 0. The van der Waals surface area contributed by atoms with Gasteiger partial charge >= 0.3 is 0 Å². The minimum atomic E-state index is 0.623. The highest BCUT2D eigenvalue weighted by molar-refractivity contribution is 5.35. The van der Waals surface area contributed by atoms with Gasteiger partial charge in [0.25, 0.3) is 0 Å². The van der Waals surface area contributed by atoms with Crippen molar-refractivity contribution in [3.63, 3.8) is 0 Å². The third-order valence-corrected chi connectivity index (χ3v) is 2.64. The zero-order valence-corrected chi connectivity index (χ0v) is 10.4. The number of rotatable bonds is 5. The molecule has 0 fully saturated rings. The normalized spacial score (nSPS) is 10.0. The zero-order chi connectivity index (χ0) is 12.8. The maximum absolute atomic E-state index is 8.95. The smallest absolute Gasteiger partial charge is 0.126 e. The summed E-state index contributed by atoms with van der Waals surface area (Å²) < 4.78 is 1.89. The summed E-state index contributed by atoms with van der Waals surface area (Å²) in [5.74, 6) is 0.889. The maximum atomic E-state index is 8.95. The van der Waals surface area contributed by atoms with Crippen molar-refractivity contribution in [1.82, 2.24) is 9.55 Å². The Bertz CT molecular complexity index is 551. The van der Waals surface area contributed by atoms with E-state index in [0.29, 0.717) is 12.2 Å². The fraction of sp³-hybridized carbons (Fsp3) is 0.286. The molecule has 4 nitrogen and oxygen atoms in total. The number of aromatic nitrogens is 2. The molecule has 1 N–H and O–H groups in total. The van der Waals surface area contributed by atoms with Crippen LogP contribution in [0.1, 0.15) is 24.7 Å². The molecule has 0 bridgehead atoms. The van der Waals surface area contributed by atoms with Gasteiger partial charge in [-0.15, -0.1) is 0 Å². The molecule has 0 atom stereocenters. The van der Waals surface area contributed by atoms with Crippen LogP contribution in [0.25, 0.3) is 0 Å². The molecule has 0 aliphatic carbocycles. The van der Waals surface area contributed by atoms with E-state index in [9.17, 15) is 0 Å². The summed E-state index contributed by atoms with van der Waals surface area (Å²) in [6.07, 6.45) is 2.97. The van der Waals surface area contributed by atoms with E-state index in [2.05, 4.69) is 23.3 Å². The first kappa shape index (κ1) is 12.2. The van der Waals surface area contributed by atoms with E-state index >= 15 is 0 Å². The molecule has 0 saturated carbocycles. The van der Waals surface area contributed by atoms with E-state index < -0.39 is 0 Å². The second-order valence-electron chi connectivity index (χ2n) is 4.07. The van der Waals surface area contributed by atoms with E-state index in [4.69, 9.17) is 5.26 Å². The Morgan fingerprint density at radius 2 is 2.22 bits per heavy atom. The second-order valence-corrected chi connectivity index (χ2v) is 4.07. The Hall–Kier alpha value is -2.28. The predicted molar refractivity (Wildman–Crippen MR) is 71.3 cm³/mol. The number of nitrogens with zero attached hydrogens (tertiary/aromatic N) is 3. The van der Waals surface area contributed by atoms with Crippen LogP contribution >= 0.6 is 0 Å². The van der Waals surface area contributed by atoms with Crippen molar-refractivity contribution in [3.8, 4) is 6.07 Å². The molecule has 92 valence electrons. The first-order chi connectivity index (χ1) is 8.83. The van der Waals surface area contributed by atoms with E-state index in [-0.39, 0.29) is 0 Å². The molecule has 0 amide bonds. The van der Waals surface area contributed by atoms with Crippen molar-refractivity contribution in [3.05, 3.63) is 47.9 Å². The number of nitriles is 1. The average Bonchev–Trinajstić information content (AvgIpc) is 2.84. The second kappa shape index (κ2) is 5.87. The topological polar surface area (TPSA) is 53.6 Å². The van der Waals surface area contributed by atoms with Crippen molar-refractivity contribution in [1.29, 1.82) is 5.26 Å². The van der Waals surface area contributed by atoms with E-state index in [1.807, 2.05) is 35.0 Å². The summed E-state index contributed by atoms with van der Waals surface area (Å²) >= 11 is 0. The highest BCUT2D eigenvalue weighted by atomic mass is 15.0. The van der Waals surface area contributed by atoms with Gasteiger partial charge in [0.05, 0.1) is 12.2 Å². The minimum absolute atomic E-state index is 0.623. The van der Waals surface area contributed by atoms with Gasteiger partial charge < -0.3 is 9.88 Å². The number of pyridine rings is 1. The first-order valence-electron chi connectivity index (χ1n) is 6.08. The van der Waals surface area contributed by atoms with Crippen LogP contribution in [-0.4, -0.2) is 16.1 Å². The van der Waals surface area contributed by atoms with Crippen LogP contribution in [0.15, 0.2) is 36.5 Å². The standard InChI is InChI=1S/C14H16N4/c1-2-8-16-14-7-3-5-12(17-14)11-18-9-4-6-13(18)10-15/h3-7,9H,2,8,11H2,1H3,(H,16,17). The number of hydrogen-bond acceptors (Lipinski definition) is 3. The van der Waals surface area contributed by atoms with Gasteiger partial charge in [0.15, 0.2) is 0 Å². The summed E-state index contributed by atoms with van der Waals surface area (Å²) in [5.41, 5.74) is 1.60. The lowest BCUT2D eigenvalue weighted by Gasteiger charge is -2.07. The molecule has 0 saturated heterocycles. The maximum Gasteiger partial charge on any atom is 0.126 e. The fourth-order valence-electron chi connectivity index (χ4n) is 1.75. The molecule has 2 heterocycles. The molecule has 0 unspecified atom stereocenters. The third-order valence-electron chi connectivity index (χ3n) is 2.64. The van der Waals surface area contributed by atoms with Crippen molar-refractivity contribution in [2.75, 3.05) is 11.9 Å². The summed E-state index contributed by atoms with van der Waals surface area (Å²) in [4.78, 5) is 4.52. The first-order valence-corrected chi connectivity index (χ1v) is 6.08. The Morgan fingerprint density at radius 1 is 1.33 bits per heavy atom. The van der Waals surface area contributed by atoms with Gasteiger partial charge in [0.2, 0.25) is 0 Å². The molecule has 0 radical (unpaired) electrons. The third kappa shape index (κ3) is 2.89. The van der Waals surface area contributed by atoms with Gasteiger partial charge in [0, 0.05) is 12.7 Å².